The summed E-state index contributed by atoms with van der Waals surface area (Å²) in [5.74, 6) is 2.13. The van der Waals surface area contributed by atoms with Crippen molar-refractivity contribution in [2.24, 2.45) is 0 Å². The summed E-state index contributed by atoms with van der Waals surface area (Å²) < 4.78 is 4.98. The van der Waals surface area contributed by atoms with Gasteiger partial charge in [-0.3, -0.25) is 4.98 Å². The van der Waals surface area contributed by atoms with Crippen molar-refractivity contribution < 1.29 is 9.84 Å². The molecule has 2 N–H and O–H groups in total. The Morgan fingerprint density at radius 2 is 1.76 bits per heavy atom. The van der Waals surface area contributed by atoms with Gasteiger partial charge in [-0.05, 0) is 77.8 Å². The van der Waals surface area contributed by atoms with Crippen LogP contribution in [-0.4, -0.2) is 37.8 Å². The zero-order chi connectivity index (χ0) is 24.5. The Morgan fingerprint density at radius 1 is 1.00 bits per heavy atom. The Kier molecular flexibility index (Phi) is 8.73. The molecule has 0 spiro atoms. The maximum Gasteiger partial charge on any atom is 0.204 e. The molecule has 0 radical (unpaired) electrons. The summed E-state index contributed by atoms with van der Waals surface area (Å²) in [5, 5.41) is 23.2. The average Bonchev–Trinajstić information content (AvgIpc) is 3.38. The van der Waals surface area contributed by atoms with Gasteiger partial charge in [-0.1, -0.05) is 45.0 Å². The summed E-state index contributed by atoms with van der Waals surface area (Å²) >= 11 is 0. The van der Waals surface area contributed by atoms with E-state index in [1.807, 2.05) is 31.3 Å². The number of aromatic nitrogens is 5. The van der Waals surface area contributed by atoms with Crippen molar-refractivity contribution in [2.75, 3.05) is 7.11 Å². The second kappa shape index (κ2) is 11.9. The monoisotopic (exact) mass is 459 g/mol. The first kappa shape index (κ1) is 24.9. The van der Waals surface area contributed by atoms with Gasteiger partial charge < -0.3 is 9.84 Å². The second-order valence-corrected chi connectivity index (χ2v) is 8.45. The number of phenols is 1. The molecular formula is C27H33N5O2. The quantitative estimate of drug-likeness (QED) is 0.382. The number of hydrogen-bond donors (Lipinski definition) is 2. The number of ether oxygens (including phenoxy) is 1. The molecule has 0 aliphatic carbocycles. The molecule has 4 aromatic rings. The molecule has 0 amide bonds. The van der Waals surface area contributed by atoms with Crippen LogP contribution in [0.1, 0.15) is 54.6 Å². The van der Waals surface area contributed by atoms with E-state index in [1.165, 1.54) is 22.4 Å². The van der Waals surface area contributed by atoms with Crippen LogP contribution in [0, 0.1) is 6.92 Å². The van der Waals surface area contributed by atoms with Crippen LogP contribution in [0.3, 0.4) is 0 Å². The molecule has 0 unspecified atom stereocenters. The summed E-state index contributed by atoms with van der Waals surface area (Å²) in [7, 11) is 1.59. The lowest BCUT2D eigenvalue weighted by atomic mass is 9.95. The molecule has 0 saturated carbocycles. The molecule has 7 nitrogen and oxygen atoms in total. The van der Waals surface area contributed by atoms with E-state index < -0.39 is 0 Å². The fourth-order valence-corrected chi connectivity index (χ4v) is 3.81. The molecule has 0 aliphatic rings. The molecule has 0 atom stereocenters. The van der Waals surface area contributed by atoms with Gasteiger partial charge in [0.2, 0.25) is 5.82 Å². The lowest BCUT2D eigenvalue weighted by Crippen LogP contribution is -2.02. The van der Waals surface area contributed by atoms with Gasteiger partial charge >= 0.3 is 0 Å². The van der Waals surface area contributed by atoms with Crippen molar-refractivity contribution in [3.05, 3.63) is 82.7 Å². The van der Waals surface area contributed by atoms with Gasteiger partial charge in [-0.25, -0.2) is 0 Å². The molecule has 2 heterocycles. The van der Waals surface area contributed by atoms with Gasteiger partial charge in [0.15, 0.2) is 0 Å². The van der Waals surface area contributed by atoms with Crippen molar-refractivity contribution in [1.29, 1.82) is 0 Å². The summed E-state index contributed by atoms with van der Waals surface area (Å²) in [6, 6.07) is 15.7. The zero-order valence-corrected chi connectivity index (χ0v) is 20.5. The summed E-state index contributed by atoms with van der Waals surface area (Å²) in [6.07, 6.45) is 4.76. The normalized spacial score (nSPS) is 10.6. The molecule has 0 bridgehead atoms. The fourth-order valence-electron chi connectivity index (χ4n) is 3.81. The number of aromatic hydroxyl groups is 1. The van der Waals surface area contributed by atoms with E-state index in [0.717, 1.165) is 30.4 Å². The highest BCUT2D eigenvalue weighted by Gasteiger charge is 2.09. The number of aromatic amines is 1. The standard InChI is InChI=1S/C18H21N5.C9H12O2/c1-12(2)16-10-11-19-17(13(16)3)9-6-14-4-7-15(8-5-14)18-20-22-23-21-18;1-3-7-4-8(10)6-9(5-7)11-2/h4-5,7-8,10-12H,6,9H2,1-3H3,(H,20,21,22,23);4-6,10H,3H2,1-2H3. The van der Waals surface area contributed by atoms with Crippen molar-refractivity contribution in [3.63, 3.8) is 0 Å². The molecule has 2 aromatic carbocycles. The molecule has 0 aliphatic heterocycles. The van der Waals surface area contributed by atoms with Crippen LogP contribution in [0.4, 0.5) is 0 Å². The first-order chi connectivity index (χ1) is 16.4. The number of rotatable bonds is 7. The number of benzene rings is 2. The number of H-pyrrole nitrogens is 1. The third-order valence-electron chi connectivity index (χ3n) is 5.78. The SMILES string of the molecule is CCc1cc(O)cc(OC)c1.Cc1c(C(C)C)ccnc1CCc1ccc(-c2nn[nH]n2)cc1. The van der Waals surface area contributed by atoms with E-state index in [2.05, 4.69) is 64.6 Å². The van der Waals surface area contributed by atoms with E-state index in [9.17, 15) is 5.11 Å². The number of pyridine rings is 1. The number of methoxy groups -OCH3 is 1. The first-order valence-corrected chi connectivity index (χ1v) is 11.5. The van der Waals surface area contributed by atoms with Crippen LogP contribution in [-0.2, 0) is 19.3 Å². The van der Waals surface area contributed by atoms with Gasteiger partial charge in [-0.2, -0.15) is 5.21 Å². The van der Waals surface area contributed by atoms with Crippen molar-refractivity contribution in [3.8, 4) is 22.9 Å². The minimum atomic E-state index is 0.265. The Hall–Kier alpha value is -3.74. The highest BCUT2D eigenvalue weighted by molar-refractivity contribution is 5.54. The number of phenolic OH excluding ortho intramolecular Hbond substituents is 1. The maximum atomic E-state index is 9.18. The van der Waals surface area contributed by atoms with Gasteiger partial charge in [0, 0.05) is 23.5 Å². The zero-order valence-electron chi connectivity index (χ0n) is 20.5. The highest BCUT2D eigenvalue weighted by atomic mass is 16.5. The van der Waals surface area contributed by atoms with Gasteiger partial charge in [-0.15, -0.1) is 10.2 Å². The topological polar surface area (TPSA) is 96.8 Å². The Labute approximate surface area is 201 Å². The fraction of sp³-hybridized carbons (Fsp3) is 0.333. The van der Waals surface area contributed by atoms with E-state index in [-0.39, 0.29) is 5.75 Å². The predicted octanol–water partition coefficient (Wildman–Crippen LogP) is 5.44. The van der Waals surface area contributed by atoms with E-state index >= 15 is 0 Å². The Morgan fingerprint density at radius 3 is 2.38 bits per heavy atom. The van der Waals surface area contributed by atoms with Crippen molar-refractivity contribution in [2.45, 2.75) is 52.9 Å². The molecule has 178 valence electrons. The lowest BCUT2D eigenvalue weighted by molar-refractivity contribution is 0.407. The van der Waals surface area contributed by atoms with E-state index in [4.69, 9.17) is 4.74 Å². The summed E-state index contributed by atoms with van der Waals surface area (Å²) in [5.41, 5.74) is 7.25. The molecule has 2 aromatic heterocycles. The van der Waals surface area contributed by atoms with Crippen molar-refractivity contribution in [1.82, 2.24) is 25.6 Å². The maximum absolute atomic E-state index is 9.18. The molecule has 7 heteroatoms. The third-order valence-corrected chi connectivity index (χ3v) is 5.78. The largest absolute Gasteiger partial charge is 0.508 e. The Bertz CT molecular complexity index is 1150. The Balaban J connectivity index is 0.000000248. The molecular weight excluding hydrogens is 426 g/mol. The number of tetrazole rings is 1. The molecule has 0 saturated heterocycles. The molecule has 34 heavy (non-hydrogen) atoms. The minimum Gasteiger partial charge on any atom is -0.508 e. The average molecular weight is 460 g/mol. The van der Waals surface area contributed by atoms with Crippen LogP contribution in [0.2, 0.25) is 0 Å². The lowest BCUT2D eigenvalue weighted by Gasteiger charge is -2.13. The molecule has 0 fully saturated rings. The predicted molar refractivity (Wildman–Crippen MR) is 134 cm³/mol. The summed E-state index contributed by atoms with van der Waals surface area (Å²) in [6.45, 7) is 8.66. The summed E-state index contributed by atoms with van der Waals surface area (Å²) in [4.78, 5) is 4.56. The number of hydrogen-bond acceptors (Lipinski definition) is 6. The van der Waals surface area contributed by atoms with E-state index in [0.29, 0.717) is 17.5 Å². The van der Waals surface area contributed by atoms with Crippen LogP contribution in [0.15, 0.2) is 54.7 Å². The van der Waals surface area contributed by atoms with Gasteiger partial charge in [0.25, 0.3) is 0 Å². The number of nitrogens with one attached hydrogen (secondary N) is 1. The van der Waals surface area contributed by atoms with Crippen LogP contribution in [0.25, 0.3) is 11.4 Å². The minimum absolute atomic E-state index is 0.265. The van der Waals surface area contributed by atoms with Gasteiger partial charge in [0.1, 0.15) is 11.5 Å². The smallest absolute Gasteiger partial charge is 0.204 e. The first-order valence-electron chi connectivity index (χ1n) is 11.5. The van der Waals surface area contributed by atoms with Crippen LogP contribution >= 0.6 is 0 Å². The molecule has 4 rings (SSSR count). The van der Waals surface area contributed by atoms with Gasteiger partial charge in [0.05, 0.1) is 7.11 Å². The number of aryl methyl sites for hydroxylation is 3. The van der Waals surface area contributed by atoms with Crippen molar-refractivity contribution >= 4 is 0 Å². The number of nitrogens with zero attached hydrogens (tertiary/aromatic N) is 4. The van der Waals surface area contributed by atoms with E-state index in [1.54, 1.807) is 19.2 Å². The van der Waals surface area contributed by atoms with Crippen LogP contribution in [0.5, 0.6) is 11.5 Å². The highest BCUT2D eigenvalue weighted by Crippen LogP contribution is 2.22. The third kappa shape index (κ3) is 6.63. The van der Waals surface area contributed by atoms with Crippen LogP contribution < -0.4 is 4.74 Å². The second-order valence-electron chi connectivity index (χ2n) is 8.45.